The molecule has 0 saturated heterocycles. The number of hydrogen-bond donors (Lipinski definition) is 1. The lowest BCUT2D eigenvalue weighted by molar-refractivity contribution is 0.102. The number of para-hydroxylation sites is 1. The van der Waals surface area contributed by atoms with Gasteiger partial charge in [0.2, 0.25) is 0 Å². The van der Waals surface area contributed by atoms with E-state index in [4.69, 9.17) is 0 Å². The number of anilines is 1. The van der Waals surface area contributed by atoms with Gasteiger partial charge in [-0.1, -0.05) is 55.5 Å². The largest absolute Gasteiger partial charge is 0.320 e. The first-order valence-corrected chi connectivity index (χ1v) is 9.00. The van der Waals surface area contributed by atoms with Crippen molar-refractivity contribution in [1.29, 1.82) is 0 Å². The second kappa shape index (κ2) is 7.41. The molecule has 2 aromatic heterocycles. The molecule has 0 radical (unpaired) electrons. The van der Waals surface area contributed by atoms with Crippen molar-refractivity contribution in [3.05, 3.63) is 89.9 Å². The van der Waals surface area contributed by atoms with Crippen molar-refractivity contribution in [3.63, 3.8) is 0 Å². The fourth-order valence-corrected chi connectivity index (χ4v) is 3.26. The Kier molecular flexibility index (Phi) is 4.66. The summed E-state index contributed by atoms with van der Waals surface area (Å²) in [5, 5.41) is 8.44. The van der Waals surface area contributed by atoms with Gasteiger partial charge in [-0.15, -0.1) is 0 Å². The summed E-state index contributed by atoms with van der Waals surface area (Å²) in [7, 11) is 0. The summed E-state index contributed by atoms with van der Waals surface area (Å²) < 4.78 is 1.89. The predicted octanol–water partition coefficient (Wildman–Crippen LogP) is 4.29. The van der Waals surface area contributed by atoms with Crippen LogP contribution in [0.2, 0.25) is 0 Å². The number of amides is 1. The number of hydrogen-bond acceptors (Lipinski definition) is 3. The number of nitrogens with one attached hydrogen (secondary N) is 1. The molecule has 27 heavy (non-hydrogen) atoms. The van der Waals surface area contributed by atoms with E-state index in [0.29, 0.717) is 17.8 Å². The average molecular weight is 356 g/mol. The quantitative estimate of drug-likeness (QED) is 0.580. The van der Waals surface area contributed by atoms with Crippen molar-refractivity contribution < 1.29 is 4.79 Å². The number of pyridine rings is 1. The number of carbonyl (C=O) groups excluding carboxylic acids is 1. The molecule has 0 saturated carbocycles. The first kappa shape index (κ1) is 17.0. The van der Waals surface area contributed by atoms with Crippen molar-refractivity contribution in [3.8, 4) is 0 Å². The SMILES string of the molecule is CCc1c(C(=O)Nc2cccc3cccnc23)cnn1Cc1ccccc1. The maximum atomic E-state index is 12.9. The summed E-state index contributed by atoms with van der Waals surface area (Å²) in [6.07, 6.45) is 4.10. The standard InChI is InChI=1S/C22H20N4O/c1-2-20-18(14-24-26(20)15-16-8-4-3-5-9-16)22(27)25-19-12-6-10-17-11-7-13-23-21(17)19/h3-14H,2,15H2,1H3,(H,25,27). The number of aromatic nitrogens is 3. The zero-order valence-corrected chi connectivity index (χ0v) is 15.1. The van der Waals surface area contributed by atoms with Crippen molar-refractivity contribution in [2.24, 2.45) is 0 Å². The van der Waals surface area contributed by atoms with Crippen LogP contribution in [0, 0.1) is 0 Å². The Bertz CT molecular complexity index is 1080. The fraction of sp³-hybridized carbons (Fsp3) is 0.136. The molecule has 1 N–H and O–H groups in total. The third-order valence-corrected chi connectivity index (χ3v) is 4.58. The Hall–Kier alpha value is -3.47. The summed E-state index contributed by atoms with van der Waals surface area (Å²) in [5.41, 5.74) is 4.16. The number of rotatable bonds is 5. The second-order valence-corrected chi connectivity index (χ2v) is 6.34. The molecule has 134 valence electrons. The van der Waals surface area contributed by atoms with Crippen LogP contribution < -0.4 is 5.32 Å². The summed E-state index contributed by atoms with van der Waals surface area (Å²) >= 11 is 0. The Balaban J connectivity index is 1.62. The molecule has 0 bridgehead atoms. The molecule has 5 nitrogen and oxygen atoms in total. The zero-order chi connectivity index (χ0) is 18.6. The van der Waals surface area contributed by atoms with Gasteiger partial charge < -0.3 is 5.32 Å². The van der Waals surface area contributed by atoms with Crippen LogP contribution in [0.4, 0.5) is 5.69 Å². The summed E-state index contributed by atoms with van der Waals surface area (Å²) in [5.74, 6) is -0.163. The Morgan fingerprint density at radius 2 is 1.85 bits per heavy atom. The third kappa shape index (κ3) is 3.44. The molecule has 0 aliphatic rings. The highest BCUT2D eigenvalue weighted by molar-refractivity contribution is 6.08. The van der Waals surface area contributed by atoms with E-state index in [9.17, 15) is 4.79 Å². The first-order chi connectivity index (χ1) is 13.3. The number of carbonyl (C=O) groups is 1. The average Bonchev–Trinajstić information content (AvgIpc) is 3.11. The van der Waals surface area contributed by atoms with Crippen LogP contribution in [0.15, 0.2) is 73.1 Å². The van der Waals surface area contributed by atoms with Crippen LogP contribution in [-0.2, 0) is 13.0 Å². The minimum Gasteiger partial charge on any atom is -0.320 e. The van der Waals surface area contributed by atoms with Gasteiger partial charge in [-0.05, 0) is 24.1 Å². The maximum Gasteiger partial charge on any atom is 0.259 e. The highest BCUT2D eigenvalue weighted by Crippen LogP contribution is 2.22. The molecule has 0 atom stereocenters. The van der Waals surface area contributed by atoms with E-state index in [1.165, 1.54) is 0 Å². The molecule has 4 aromatic rings. The molecule has 4 rings (SSSR count). The lowest BCUT2D eigenvalue weighted by Gasteiger charge is -2.10. The Morgan fingerprint density at radius 1 is 1.04 bits per heavy atom. The van der Waals surface area contributed by atoms with Crippen molar-refractivity contribution >= 4 is 22.5 Å². The Morgan fingerprint density at radius 3 is 2.67 bits per heavy atom. The number of nitrogens with zero attached hydrogens (tertiary/aromatic N) is 3. The summed E-state index contributed by atoms with van der Waals surface area (Å²) in [6, 6.07) is 19.7. The van der Waals surface area contributed by atoms with Crippen molar-refractivity contribution in [1.82, 2.24) is 14.8 Å². The third-order valence-electron chi connectivity index (χ3n) is 4.58. The molecule has 0 spiro atoms. The van der Waals surface area contributed by atoms with Gasteiger partial charge in [0, 0.05) is 11.6 Å². The minimum absolute atomic E-state index is 0.163. The first-order valence-electron chi connectivity index (χ1n) is 9.00. The van der Waals surface area contributed by atoms with E-state index in [1.807, 2.05) is 60.1 Å². The van der Waals surface area contributed by atoms with E-state index in [2.05, 4.69) is 27.5 Å². The maximum absolute atomic E-state index is 12.9. The summed E-state index contributed by atoms with van der Waals surface area (Å²) in [6.45, 7) is 2.68. The molecule has 0 unspecified atom stereocenters. The molecule has 5 heteroatoms. The molecule has 2 aromatic carbocycles. The van der Waals surface area contributed by atoms with Crippen LogP contribution in [0.3, 0.4) is 0 Å². The van der Waals surface area contributed by atoms with Gasteiger partial charge in [0.05, 0.1) is 35.2 Å². The molecule has 1 amide bonds. The highest BCUT2D eigenvalue weighted by Gasteiger charge is 2.17. The van der Waals surface area contributed by atoms with Gasteiger partial charge in [-0.2, -0.15) is 5.10 Å². The monoisotopic (exact) mass is 356 g/mol. The normalized spacial score (nSPS) is 10.9. The molecule has 0 fully saturated rings. The van der Waals surface area contributed by atoms with Gasteiger partial charge in [0.25, 0.3) is 5.91 Å². The lowest BCUT2D eigenvalue weighted by atomic mass is 10.1. The van der Waals surface area contributed by atoms with E-state index >= 15 is 0 Å². The van der Waals surface area contributed by atoms with Gasteiger partial charge in [-0.3, -0.25) is 14.5 Å². The van der Waals surface area contributed by atoms with Gasteiger partial charge in [0.15, 0.2) is 0 Å². The highest BCUT2D eigenvalue weighted by atomic mass is 16.1. The summed E-state index contributed by atoms with van der Waals surface area (Å²) in [4.78, 5) is 17.3. The molecule has 2 heterocycles. The van der Waals surface area contributed by atoms with E-state index in [1.54, 1.807) is 12.4 Å². The molecular weight excluding hydrogens is 336 g/mol. The van der Waals surface area contributed by atoms with Gasteiger partial charge in [0.1, 0.15) is 0 Å². The van der Waals surface area contributed by atoms with Gasteiger partial charge in [-0.25, -0.2) is 0 Å². The van der Waals surface area contributed by atoms with E-state index in [0.717, 1.165) is 28.6 Å². The number of benzene rings is 2. The van der Waals surface area contributed by atoms with Crippen LogP contribution in [0.1, 0.15) is 28.5 Å². The van der Waals surface area contributed by atoms with E-state index < -0.39 is 0 Å². The topological polar surface area (TPSA) is 59.8 Å². The fourth-order valence-electron chi connectivity index (χ4n) is 3.26. The van der Waals surface area contributed by atoms with Crippen LogP contribution in [0.5, 0.6) is 0 Å². The van der Waals surface area contributed by atoms with Crippen molar-refractivity contribution in [2.45, 2.75) is 19.9 Å². The second-order valence-electron chi connectivity index (χ2n) is 6.34. The molecular formula is C22H20N4O. The smallest absolute Gasteiger partial charge is 0.259 e. The minimum atomic E-state index is -0.163. The van der Waals surface area contributed by atoms with Gasteiger partial charge >= 0.3 is 0 Å². The van der Waals surface area contributed by atoms with Crippen LogP contribution in [-0.4, -0.2) is 20.7 Å². The van der Waals surface area contributed by atoms with E-state index in [-0.39, 0.29) is 5.91 Å². The predicted molar refractivity (Wildman–Crippen MR) is 107 cm³/mol. The van der Waals surface area contributed by atoms with Crippen LogP contribution in [0.25, 0.3) is 10.9 Å². The van der Waals surface area contributed by atoms with Crippen molar-refractivity contribution in [2.75, 3.05) is 5.32 Å². The lowest BCUT2D eigenvalue weighted by Crippen LogP contribution is -2.15. The zero-order valence-electron chi connectivity index (χ0n) is 15.1. The molecule has 0 aliphatic heterocycles. The molecule has 0 aliphatic carbocycles. The Labute approximate surface area is 157 Å². The van der Waals surface area contributed by atoms with Crippen LogP contribution >= 0.6 is 0 Å². The number of fused-ring (bicyclic) bond motifs is 1.